The molecule has 2 aromatic carbocycles. The maximum absolute atomic E-state index is 9.04. The number of hydrogen-bond acceptors (Lipinski definition) is 1. The van der Waals surface area contributed by atoms with Gasteiger partial charge in [0.2, 0.25) is 0 Å². The molecule has 0 fully saturated rings. The summed E-state index contributed by atoms with van der Waals surface area (Å²) in [6, 6.07) is 18.7. The van der Waals surface area contributed by atoms with Crippen molar-refractivity contribution in [3.8, 4) is 0 Å². The Morgan fingerprint density at radius 2 is 1.39 bits per heavy atom. The van der Waals surface area contributed by atoms with Crippen LogP contribution in [0.5, 0.6) is 0 Å². The first-order valence-corrected chi connectivity index (χ1v) is 6.19. The predicted molar refractivity (Wildman–Crippen MR) is 76.2 cm³/mol. The van der Waals surface area contributed by atoms with Crippen LogP contribution in [0.25, 0.3) is 0 Å². The third-order valence-corrected chi connectivity index (χ3v) is 3.24. The van der Waals surface area contributed by atoms with Gasteiger partial charge in [-0.3, -0.25) is 4.48 Å². The maximum atomic E-state index is 9.04. The Kier molecular flexibility index (Phi) is 3.80. The number of aliphatic hydroxyl groups is 1. The van der Waals surface area contributed by atoms with Gasteiger partial charge >= 0.3 is 0 Å². The van der Waals surface area contributed by atoms with Crippen molar-refractivity contribution in [1.29, 1.82) is 0 Å². The minimum atomic E-state index is 0.108. The lowest BCUT2D eigenvalue weighted by atomic mass is 10.1. The Hall–Kier alpha value is -1.64. The summed E-state index contributed by atoms with van der Waals surface area (Å²) < 4.78 is 0.819. The van der Waals surface area contributed by atoms with Crippen LogP contribution in [0, 0.1) is 0 Å². The Balaban J connectivity index is 2.16. The molecule has 0 aromatic heterocycles. The topological polar surface area (TPSA) is 20.2 Å². The summed E-state index contributed by atoms with van der Waals surface area (Å²) >= 11 is 0. The number of para-hydroxylation sites is 1. The molecule has 2 aromatic rings. The number of quaternary nitrogens is 1. The fourth-order valence-corrected chi connectivity index (χ4v) is 2.13. The normalized spacial score (nSPS) is 11.5. The lowest BCUT2D eigenvalue weighted by Crippen LogP contribution is -2.39. The highest BCUT2D eigenvalue weighted by molar-refractivity contribution is 5.42. The van der Waals surface area contributed by atoms with Crippen LogP contribution >= 0.6 is 0 Å². The van der Waals surface area contributed by atoms with Gasteiger partial charge in [0.05, 0.1) is 20.7 Å². The lowest BCUT2D eigenvalue weighted by molar-refractivity contribution is 0.282. The van der Waals surface area contributed by atoms with Crippen molar-refractivity contribution < 1.29 is 5.11 Å². The summed E-state index contributed by atoms with van der Waals surface area (Å²) in [4.78, 5) is 0. The Morgan fingerprint density at radius 1 is 0.833 bits per heavy atom. The van der Waals surface area contributed by atoms with E-state index in [2.05, 4.69) is 50.5 Å². The van der Waals surface area contributed by atoms with Crippen molar-refractivity contribution in [2.24, 2.45) is 0 Å². The molecule has 0 heterocycles. The van der Waals surface area contributed by atoms with Gasteiger partial charge in [-0.15, -0.1) is 0 Å². The third kappa shape index (κ3) is 2.97. The number of nitrogens with zero attached hydrogens (tertiary/aromatic N) is 1. The molecule has 0 aliphatic rings. The van der Waals surface area contributed by atoms with Gasteiger partial charge in [0.25, 0.3) is 0 Å². The molecule has 94 valence electrons. The van der Waals surface area contributed by atoms with Gasteiger partial charge in [0.15, 0.2) is 0 Å². The molecular weight excluding hydrogens is 222 g/mol. The quantitative estimate of drug-likeness (QED) is 0.817. The number of aliphatic hydroxyl groups excluding tert-OH is 1. The van der Waals surface area contributed by atoms with E-state index in [0.717, 1.165) is 16.6 Å². The second-order valence-corrected chi connectivity index (χ2v) is 5.15. The highest BCUT2D eigenvalue weighted by atomic mass is 16.3. The van der Waals surface area contributed by atoms with Crippen molar-refractivity contribution in [3.63, 3.8) is 0 Å². The number of hydrogen-bond donors (Lipinski definition) is 1. The van der Waals surface area contributed by atoms with Gasteiger partial charge < -0.3 is 5.11 Å². The lowest BCUT2D eigenvalue weighted by Gasteiger charge is -2.29. The summed E-state index contributed by atoms with van der Waals surface area (Å²) in [6.07, 6.45) is 0. The first kappa shape index (κ1) is 12.8. The molecule has 2 rings (SSSR count). The third-order valence-electron chi connectivity index (χ3n) is 3.24. The van der Waals surface area contributed by atoms with E-state index in [4.69, 9.17) is 5.11 Å². The van der Waals surface area contributed by atoms with Crippen LogP contribution in [0.15, 0.2) is 54.6 Å². The zero-order chi connectivity index (χ0) is 13.0. The monoisotopic (exact) mass is 242 g/mol. The van der Waals surface area contributed by atoms with Crippen molar-refractivity contribution in [2.45, 2.75) is 13.2 Å². The van der Waals surface area contributed by atoms with Gasteiger partial charge in [-0.25, -0.2) is 0 Å². The van der Waals surface area contributed by atoms with E-state index in [-0.39, 0.29) is 6.61 Å². The number of rotatable bonds is 4. The minimum absolute atomic E-state index is 0.108. The van der Waals surface area contributed by atoms with Crippen LogP contribution in [0.2, 0.25) is 0 Å². The van der Waals surface area contributed by atoms with Crippen molar-refractivity contribution in [2.75, 3.05) is 14.1 Å². The molecule has 0 saturated heterocycles. The maximum Gasteiger partial charge on any atom is 0.132 e. The van der Waals surface area contributed by atoms with E-state index >= 15 is 0 Å². The van der Waals surface area contributed by atoms with Crippen LogP contribution < -0.4 is 4.48 Å². The summed E-state index contributed by atoms with van der Waals surface area (Å²) in [5.74, 6) is 0. The van der Waals surface area contributed by atoms with Crippen molar-refractivity contribution in [1.82, 2.24) is 4.48 Å². The summed E-state index contributed by atoms with van der Waals surface area (Å²) in [5, 5.41) is 9.04. The standard InChI is InChI=1S/C16H20NO/c1-17(2,16-6-4-3-5-7-16)12-14-8-10-15(13-18)11-9-14/h3-11,18H,12-13H2,1-2H3/q+1. The molecule has 0 amide bonds. The average Bonchev–Trinajstić information content (AvgIpc) is 2.40. The van der Waals surface area contributed by atoms with Crippen LogP contribution in [0.4, 0.5) is 5.69 Å². The fourth-order valence-electron chi connectivity index (χ4n) is 2.13. The van der Waals surface area contributed by atoms with E-state index in [1.807, 2.05) is 18.2 Å². The average molecular weight is 242 g/mol. The Bertz CT molecular complexity index is 488. The molecule has 2 nitrogen and oxygen atoms in total. The van der Waals surface area contributed by atoms with Gasteiger partial charge in [-0.1, -0.05) is 42.5 Å². The second-order valence-electron chi connectivity index (χ2n) is 5.15. The summed E-state index contributed by atoms with van der Waals surface area (Å²) in [5.41, 5.74) is 3.54. The van der Waals surface area contributed by atoms with E-state index < -0.39 is 0 Å². The van der Waals surface area contributed by atoms with Crippen LogP contribution in [-0.2, 0) is 13.2 Å². The Morgan fingerprint density at radius 3 is 1.94 bits per heavy atom. The van der Waals surface area contributed by atoms with Gasteiger partial charge in [-0.2, -0.15) is 0 Å². The molecular formula is C16H20NO+. The van der Waals surface area contributed by atoms with Crippen molar-refractivity contribution >= 4 is 5.69 Å². The number of benzene rings is 2. The Labute approximate surface area is 109 Å². The molecule has 2 heteroatoms. The molecule has 0 aliphatic carbocycles. The highest BCUT2D eigenvalue weighted by Crippen LogP contribution is 2.21. The van der Waals surface area contributed by atoms with Crippen molar-refractivity contribution in [3.05, 3.63) is 65.7 Å². The first-order chi connectivity index (χ1) is 8.62. The molecule has 0 radical (unpaired) electrons. The zero-order valence-electron chi connectivity index (χ0n) is 11.0. The van der Waals surface area contributed by atoms with E-state index in [0.29, 0.717) is 0 Å². The highest BCUT2D eigenvalue weighted by Gasteiger charge is 2.18. The minimum Gasteiger partial charge on any atom is -0.392 e. The molecule has 0 spiro atoms. The van der Waals surface area contributed by atoms with Crippen LogP contribution in [0.3, 0.4) is 0 Å². The molecule has 1 N–H and O–H groups in total. The smallest absolute Gasteiger partial charge is 0.132 e. The molecule has 0 aliphatic heterocycles. The van der Waals surface area contributed by atoms with Gasteiger partial charge in [-0.05, 0) is 17.7 Å². The van der Waals surface area contributed by atoms with E-state index in [1.165, 1.54) is 11.3 Å². The summed E-state index contributed by atoms with van der Waals surface area (Å²) in [7, 11) is 4.41. The van der Waals surface area contributed by atoms with E-state index in [9.17, 15) is 0 Å². The molecule has 0 atom stereocenters. The van der Waals surface area contributed by atoms with Gasteiger partial charge in [0.1, 0.15) is 12.2 Å². The predicted octanol–water partition coefficient (Wildman–Crippen LogP) is 2.95. The molecule has 18 heavy (non-hydrogen) atoms. The van der Waals surface area contributed by atoms with Gasteiger partial charge in [0, 0.05) is 5.56 Å². The van der Waals surface area contributed by atoms with E-state index in [1.54, 1.807) is 0 Å². The second kappa shape index (κ2) is 5.34. The molecule has 0 unspecified atom stereocenters. The largest absolute Gasteiger partial charge is 0.392 e. The zero-order valence-corrected chi connectivity index (χ0v) is 11.0. The first-order valence-electron chi connectivity index (χ1n) is 6.19. The fraction of sp³-hybridized carbons (Fsp3) is 0.250. The molecule has 0 saturated carbocycles. The van der Waals surface area contributed by atoms with Crippen LogP contribution in [-0.4, -0.2) is 19.2 Å². The SMILES string of the molecule is C[N+](C)(Cc1ccc(CO)cc1)c1ccccc1. The van der Waals surface area contributed by atoms with Crippen LogP contribution in [0.1, 0.15) is 11.1 Å². The molecule has 0 bridgehead atoms. The summed E-state index contributed by atoms with van der Waals surface area (Å²) in [6.45, 7) is 1.05.